The van der Waals surface area contributed by atoms with Gasteiger partial charge >= 0.3 is 0 Å². The summed E-state index contributed by atoms with van der Waals surface area (Å²) < 4.78 is 7.46. The second-order valence-corrected chi connectivity index (χ2v) is 4.36. The van der Waals surface area contributed by atoms with E-state index in [4.69, 9.17) is 4.74 Å². The van der Waals surface area contributed by atoms with Crippen molar-refractivity contribution in [3.8, 4) is 0 Å². The van der Waals surface area contributed by atoms with Crippen LogP contribution < -0.4 is 5.32 Å². The molecule has 0 radical (unpaired) electrons. The molecule has 2 rings (SSSR count). The van der Waals surface area contributed by atoms with E-state index >= 15 is 0 Å². The number of likely N-dealkylation sites (N-methyl/N-ethyl adjacent to an activating group) is 1. The first-order valence-electron chi connectivity index (χ1n) is 5.88. The molecule has 2 unspecified atom stereocenters. The van der Waals surface area contributed by atoms with Crippen molar-refractivity contribution in [2.75, 3.05) is 13.7 Å². The highest BCUT2D eigenvalue weighted by Gasteiger charge is 2.38. The lowest BCUT2D eigenvalue weighted by atomic mass is 10.0. The van der Waals surface area contributed by atoms with Crippen LogP contribution in [0.25, 0.3) is 0 Å². The smallest absolute Gasteiger partial charge is 0.0809 e. The number of rotatable bonds is 6. The predicted molar refractivity (Wildman–Crippen MR) is 60.9 cm³/mol. The zero-order valence-corrected chi connectivity index (χ0v) is 10.2. The lowest BCUT2D eigenvalue weighted by Gasteiger charge is -2.26. The molecule has 0 aromatic carbocycles. The molecule has 1 aliphatic carbocycles. The number of hydrogen-bond acceptors (Lipinski definition) is 4. The van der Waals surface area contributed by atoms with Crippen LogP contribution in [0, 0.1) is 5.92 Å². The summed E-state index contributed by atoms with van der Waals surface area (Å²) in [4.78, 5) is 0. The molecule has 0 amide bonds. The van der Waals surface area contributed by atoms with Gasteiger partial charge in [-0.25, -0.2) is 0 Å². The molecule has 5 heteroatoms. The number of hydrogen-bond donors (Lipinski definition) is 1. The maximum absolute atomic E-state index is 5.64. The molecule has 0 bridgehead atoms. The largest absolute Gasteiger partial charge is 0.379 e. The van der Waals surface area contributed by atoms with Gasteiger partial charge < -0.3 is 10.1 Å². The van der Waals surface area contributed by atoms with Crippen LogP contribution >= 0.6 is 0 Å². The molecule has 0 spiro atoms. The van der Waals surface area contributed by atoms with Gasteiger partial charge in [0, 0.05) is 14.2 Å². The Morgan fingerprint density at radius 3 is 2.81 bits per heavy atom. The summed E-state index contributed by atoms with van der Waals surface area (Å²) >= 11 is 0. The first kappa shape index (κ1) is 11.5. The first-order chi connectivity index (χ1) is 7.77. The van der Waals surface area contributed by atoms with E-state index in [1.165, 1.54) is 12.8 Å². The van der Waals surface area contributed by atoms with Crippen molar-refractivity contribution in [1.29, 1.82) is 0 Å². The normalized spacial score (nSPS) is 19.7. The van der Waals surface area contributed by atoms with Gasteiger partial charge in [-0.15, -0.1) is 5.10 Å². The Morgan fingerprint density at radius 1 is 1.62 bits per heavy atom. The lowest BCUT2D eigenvalue weighted by molar-refractivity contribution is 0.0487. The fraction of sp³-hybridized carbons (Fsp3) is 0.818. The molecule has 1 aromatic rings. The minimum atomic E-state index is 0.197. The highest BCUT2D eigenvalue weighted by Crippen LogP contribution is 2.39. The van der Waals surface area contributed by atoms with E-state index in [-0.39, 0.29) is 12.1 Å². The second-order valence-electron chi connectivity index (χ2n) is 4.36. The molecular formula is C11H20N4O. The minimum Gasteiger partial charge on any atom is -0.379 e. The SMILES string of the molecule is CCNC(c1cnnn1C)C(OC)C1CC1. The summed E-state index contributed by atoms with van der Waals surface area (Å²) in [5.74, 6) is 0.684. The third-order valence-corrected chi connectivity index (χ3v) is 3.18. The van der Waals surface area contributed by atoms with Gasteiger partial charge in [-0.3, -0.25) is 4.68 Å². The Morgan fingerprint density at radius 2 is 2.38 bits per heavy atom. The Labute approximate surface area is 96.2 Å². The Kier molecular flexibility index (Phi) is 3.56. The number of methoxy groups -OCH3 is 1. The number of nitrogens with zero attached hydrogens (tertiary/aromatic N) is 3. The number of aromatic nitrogens is 3. The average molecular weight is 224 g/mol. The Balaban J connectivity index is 2.18. The molecule has 1 aromatic heterocycles. The van der Waals surface area contributed by atoms with Crippen LogP contribution in [0.5, 0.6) is 0 Å². The molecule has 90 valence electrons. The predicted octanol–water partition coefficient (Wildman–Crippen LogP) is 0.891. The van der Waals surface area contributed by atoms with Gasteiger partial charge in [0.2, 0.25) is 0 Å². The van der Waals surface area contributed by atoms with Gasteiger partial charge in [-0.05, 0) is 25.3 Å². The first-order valence-corrected chi connectivity index (χ1v) is 5.88. The van der Waals surface area contributed by atoms with Crippen molar-refractivity contribution >= 4 is 0 Å². The van der Waals surface area contributed by atoms with Gasteiger partial charge in [0.15, 0.2) is 0 Å². The topological polar surface area (TPSA) is 52.0 Å². The van der Waals surface area contributed by atoms with Crippen LogP contribution in [0.4, 0.5) is 0 Å². The molecule has 16 heavy (non-hydrogen) atoms. The fourth-order valence-corrected chi connectivity index (χ4v) is 2.21. The monoisotopic (exact) mass is 224 g/mol. The highest BCUT2D eigenvalue weighted by atomic mass is 16.5. The molecule has 1 fully saturated rings. The van der Waals surface area contributed by atoms with Crippen LogP contribution in [0.1, 0.15) is 31.5 Å². The zero-order chi connectivity index (χ0) is 11.5. The molecule has 5 nitrogen and oxygen atoms in total. The van der Waals surface area contributed by atoms with Crippen LogP contribution in [0.2, 0.25) is 0 Å². The molecule has 1 saturated carbocycles. The van der Waals surface area contributed by atoms with Crippen molar-refractivity contribution in [2.45, 2.75) is 31.9 Å². The molecule has 1 N–H and O–H groups in total. The van der Waals surface area contributed by atoms with E-state index in [2.05, 4.69) is 22.6 Å². The molecule has 2 atom stereocenters. The van der Waals surface area contributed by atoms with E-state index in [0.29, 0.717) is 5.92 Å². The van der Waals surface area contributed by atoms with Crippen molar-refractivity contribution < 1.29 is 4.74 Å². The standard InChI is InChI=1S/C11H20N4O/c1-4-12-10(9-7-13-14-15(9)2)11(16-3)8-5-6-8/h7-8,10-12H,4-6H2,1-3H3. The number of nitrogens with one attached hydrogen (secondary N) is 1. The molecule has 0 saturated heterocycles. The van der Waals surface area contributed by atoms with Gasteiger partial charge in [-0.2, -0.15) is 0 Å². The van der Waals surface area contributed by atoms with Crippen molar-refractivity contribution in [2.24, 2.45) is 13.0 Å². The maximum Gasteiger partial charge on any atom is 0.0809 e. The average Bonchev–Trinajstić information content (AvgIpc) is 3.01. The zero-order valence-electron chi connectivity index (χ0n) is 10.2. The summed E-state index contributed by atoms with van der Waals surface area (Å²) in [6, 6.07) is 0.197. The summed E-state index contributed by atoms with van der Waals surface area (Å²) in [7, 11) is 3.71. The van der Waals surface area contributed by atoms with E-state index < -0.39 is 0 Å². The fourth-order valence-electron chi connectivity index (χ4n) is 2.21. The van der Waals surface area contributed by atoms with Crippen LogP contribution in [0.3, 0.4) is 0 Å². The van der Waals surface area contributed by atoms with E-state index in [1.807, 2.05) is 17.9 Å². The molecular weight excluding hydrogens is 204 g/mol. The summed E-state index contributed by atoms with van der Waals surface area (Å²) in [6.07, 6.45) is 4.59. The van der Waals surface area contributed by atoms with Crippen LogP contribution in [-0.4, -0.2) is 34.8 Å². The quantitative estimate of drug-likeness (QED) is 0.779. The van der Waals surface area contributed by atoms with Gasteiger partial charge in [0.05, 0.1) is 24.0 Å². The highest BCUT2D eigenvalue weighted by molar-refractivity contribution is 5.07. The lowest BCUT2D eigenvalue weighted by Crippen LogP contribution is -2.36. The van der Waals surface area contributed by atoms with Gasteiger partial charge in [-0.1, -0.05) is 12.1 Å². The van der Waals surface area contributed by atoms with Gasteiger partial charge in [0.1, 0.15) is 0 Å². The second kappa shape index (κ2) is 4.93. The molecule has 1 heterocycles. The number of ether oxygens (including phenoxy) is 1. The Hall–Kier alpha value is -0.940. The van der Waals surface area contributed by atoms with Crippen LogP contribution in [0.15, 0.2) is 6.20 Å². The number of aryl methyl sites for hydroxylation is 1. The maximum atomic E-state index is 5.64. The minimum absolute atomic E-state index is 0.197. The molecule has 1 aliphatic rings. The van der Waals surface area contributed by atoms with Crippen molar-refractivity contribution in [3.63, 3.8) is 0 Å². The van der Waals surface area contributed by atoms with Crippen molar-refractivity contribution in [1.82, 2.24) is 20.3 Å². The van der Waals surface area contributed by atoms with Crippen molar-refractivity contribution in [3.05, 3.63) is 11.9 Å². The van der Waals surface area contributed by atoms with E-state index in [1.54, 1.807) is 7.11 Å². The summed E-state index contributed by atoms with van der Waals surface area (Å²) in [6.45, 7) is 3.03. The molecule has 0 aliphatic heterocycles. The Bertz CT molecular complexity index is 334. The third-order valence-electron chi connectivity index (χ3n) is 3.18. The van der Waals surface area contributed by atoms with Gasteiger partial charge in [0.25, 0.3) is 0 Å². The van der Waals surface area contributed by atoms with E-state index in [0.717, 1.165) is 12.2 Å². The van der Waals surface area contributed by atoms with Crippen LogP contribution in [-0.2, 0) is 11.8 Å². The van der Waals surface area contributed by atoms with E-state index in [9.17, 15) is 0 Å². The third kappa shape index (κ3) is 2.25. The summed E-state index contributed by atoms with van der Waals surface area (Å²) in [5.41, 5.74) is 1.10. The summed E-state index contributed by atoms with van der Waals surface area (Å²) in [5, 5.41) is 11.4.